The number of benzene rings is 1. The van der Waals surface area contributed by atoms with Crippen LogP contribution in [-0.2, 0) is 9.59 Å². The second-order valence-corrected chi connectivity index (χ2v) is 6.43. The average molecular weight is 332 g/mol. The number of aryl methyl sites for hydroxylation is 1. The number of rotatable bonds is 7. The van der Waals surface area contributed by atoms with E-state index in [9.17, 15) is 9.59 Å². The van der Waals surface area contributed by atoms with E-state index in [0.29, 0.717) is 12.2 Å². The number of hydrogen-bond donors (Lipinski definition) is 1. The molecule has 24 heavy (non-hydrogen) atoms. The van der Waals surface area contributed by atoms with E-state index in [-0.39, 0.29) is 24.5 Å². The number of nitrogens with zero attached hydrogens (tertiary/aromatic N) is 1. The molecule has 0 aliphatic carbocycles. The summed E-state index contributed by atoms with van der Waals surface area (Å²) in [5.74, 6) is 0.846. The number of hydrogen-bond acceptors (Lipinski definition) is 3. The van der Waals surface area contributed by atoms with Crippen molar-refractivity contribution < 1.29 is 14.3 Å². The van der Waals surface area contributed by atoms with Gasteiger partial charge in [0.2, 0.25) is 5.91 Å². The van der Waals surface area contributed by atoms with Gasteiger partial charge in [0.15, 0.2) is 6.61 Å². The van der Waals surface area contributed by atoms with E-state index in [1.54, 1.807) is 0 Å². The van der Waals surface area contributed by atoms with Crippen molar-refractivity contribution in [1.82, 2.24) is 10.2 Å². The topological polar surface area (TPSA) is 58.6 Å². The minimum absolute atomic E-state index is 0.0269. The zero-order valence-electron chi connectivity index (χ0n) is 14.7. The number of amides is 2. The summed E-state index contributed by atoms with van der Waals surface area (Å²) >= 11 is 0. The molecule has 0 saturated carbocycles. The van der Waals surface area contributed by atoms with Crippen molar-refractivity contribution in [1.29, 1.82) is 0 Å². The fourth-order valence-corrected chi connectivity index (χ4v) is 2.88. The lowest BCUT2D eigenvalue weighted by molar-refractivity contribution is -0.132. The lowest BCUT2D eigenvalue weighted by Crippen LogP contribution is -2.47. The van der Waals surface area contributed by atoms with Crippen LogP contribution in [0.4, 0.5) is 0 Å². The molecule has 1 aliphatic rings. The number of piperidine rings is 1. The van der Waals surface area contributed by atoms with Crippen molar-refractivity contribution in [2.75, 3.05) is 19.7 Å². The lowest BCUT2D eigenvalue weighted by atomic mass is 10.0. The summed E-state index contributed by atoms with van der Waals surface area (Å²) in [6.07, 6.45) is 4.25. The van der Waals surface area contributed by atoms with E-state index in [4.69, 9.17) is 4.74 Å². The highest BCUT2D eigenvalue weighted by molar-refractivity contribution is 5.78. The predicted octanol–water partition coefficient (Wildman–Crippen LogP) is 2.67. The molecule has 1 saturated heterocycles. The molecule has 1 aliphatic heterocycles. The maximum atomic E-state index is 12.0. The fraction of sp³-hybridized carbons (Fsp3) is 0.579. The summed E-state index contributed by atoms with van der Waals surface area (Å²) in [4.78, 5) is 25.9. The Hall–Kier alpha value is -2.04. The van der Waals surface area contributed by atoms with Crippen molar-refractivity contribution in [3.63, 3.8) is 0 Å². The van der Waals surface area contributed by atoms with Gasteiger partial charge in [-0.1, -0.05) is 25.5 Å². The fourth-order valence-electron chi connectivity index (χ4n) is 2.88. The Morgan fingerprint density at radius 1 is 1.29 bits per heavy atom. The largest absolute Gasteiger partial charge is 0.484 e. The van der Waals surface area contributed by atoms with Gasteiger partial charge >= 0.3 is 0 Å². The molecule has 5 nitrogen and oxygen atoms in total. The van der Waals surface area contributed by atoms with Crippen LogP contribution in [0.1, 0.15) is 44.6 Å². The molecule has 0 aromatic heterocycles. The van der Waals surface area contributed by atoms with Crippen LogP contribution in [0.25, 0.3) is 0 Å². The maximum absolute atomic E-state index is 12.0. The minimum atomic E-state index is -0.104. The second-order valence-electron chi connectivity index (χ2n) is 6.43. The first-order valence-electron chi connectivity index (χ1n) is 8.85. The van der Waals surface area contributed by atoms with Crippen LogP contribution < -0.4 is 10.1 Å². The third-order valence-electron chi connectivity index (χ3n) is 4.32. The number of carbonyl (C=O) groups excluding carboxylic acids is 2. The van der Waals surface area contributed by atoms with Gasteiger partial charge in [-0.15, -0.1) is 0 Å². The number of ether oxygens (including phenoxy) is 1. The maximum Gasteiger partial charge on any atom is 0.258 e. The van der Waals surface area contributed by atoms with Crippen molar-refractivity contribution in [2.45, 2.75) is 52.0 Å². The van der Waals surface area contributed by atoms with Gasteiger partial charge < -0.3 is 15.0 Å². The highest BCUT2D eigenvalue weighted by atomic mass is 16.5. The molecule has 2 rings (SSSR count). The Morgan fingerprint density at radius 3 is 2.71 bits per heavy atom. The Kier molecular flexibility index (Phi) is 7.09. The monoisotopic (exact) mass is 332 g/mol. The molecule has 0 radical (unpaired) electrons. The predicted molar refractivity (Wildman–Crippen MR) is 93.9 cm³/mol. The van der Waals surface area contributed by atoms with Gasteiger partial charge in [-0.2, -0.15) is 0 Å². The third-order valence-corrected chi connectivity index (χ3v) is 4.32. The van der Waals surface area contributed by atoms with Crippen LogP contribution >= 0.6 is 0 Å². The average Bonchev–Trinajstić information content (AvgIpc) is 2.58. The van der Waals surface area contributed by atoms with Crippen LogP contribution in [0.3, 0.4) is 0 Å². The van der Waals surface area contributed by atoms with Crippen molar-refractivity contribution in [3.8, 4) is 5.75 Å². The molecule has 0 unspecified atom stereocenters. The first-order valence-corrected chi connectivity index (χ1v) is 8.85. The summed E-state index contributed by atoms with van der Waals surface area (Å²) < 4.78 is 5.52. The highest BCUT2D eigenvalue weighted by Gasteiger charge is 2.23. The molecular weight excluding hydrogens is 304 g/mol. The van der Waals surface area contributed by atoms with Gasteiger partial charge in [0.25, 0.3) is 5.91 Å². The first kappa shape index (κ1) is 18.3. The summed E-state index contributed by atoms with van der Waals surface area (Å²) in [5.41, 5.74) is 1.10. The Labute approximate surface area is 144 Å². The standard InChI is InChI=1S/C19H28N2O3/c1-3-4-8-19(23)21-11-9-16(10-12-21)20-18(22)14-24-17-7-5-6-15(2)13-17/h5-7,13,16H,3-4,8-12,14H2,1-2H3,(H,20,22). The zero-order valence-corrected chi connectivity index (χ0v) is 14.7. The number of carbonyl (C=O) groups is 2. The number of likely N-dealkylation sites (tertiary alicyclic amines) is 1. The van der Waals surface area contributed by atoms with E-state index < -0.39 is 0 Å². The quantitative estimate of drug-likeness (QED) is 0.835. The number of unbranched alkanes of at least 4 members (excludes halogenated alkanes) is 1. The van der Waals surface area contributed by atoms with Gasteiger partial charge in [0.05, 0.1) is 0 Å². The van der Waals surface area contributed by atoms with Crippen molar-refractivity contribution in [2.24, 2.45) is 0 Å². The molecule has 1 aromatic carbocycles. The summed E-state index contributed by atoms with van der Waals surface area (Å²) in [7, 11) is 0. The van der Waals surface area contributed by atoms with Gasteiger partial charge in [0, 0.05) is 25.6 Å². The normalized spacial score (nSPS) is 15.2. The van der Waals surface area contributed by atoms with Crippen molar-refractivity contribution in [3.05, 3.63) is 29.8 Å². The van der Waals surface area contributed by atoms with Crippen molar-refractivity contribution >= 4 is 11.8 Å². The summed E-state index contributed by atoms with van der Waals surface area (Å²) in [6.45, 7) is 5.56. The van der Waals surface area contributed by atoms with Crippen LogP contribution in [0.15, 0.2) is 24.3 Å². The minimum Gasteiger partial charge on any atom is -0.484 e. The Balaban J connectivity index is 1.67. The van der Waals surface area contributed by atoms with E-state index in [1.807, 2.05) is 36.1 Å². The molecule has 1 N–H and O–H groups in total. The molecule has 1 heterocycles. The van der Waals surface area contributed by atoms with E-state index in [2.05, 4.69) is 12.2 Å². The molecule has 0 bridgehead atoms. The zero-order chi connectivity index (χ0) is 17.4. The second kappa shape index (κ2) is 9.30. The summed E-state index contributed by atoms with van der Waals surface area (Å²) in [6, 6.07) is 7.79. The van der Waals surface area contributed by atoms with Gasteiger partial charge in [-0.05, 0) is 43.9 Å². The van der Waals surface area contributed by atoms with Gasteiger partial charge in [-0.25, -0.2) is 0 Å². The molecule has 132 valence electrons. The van der Waals surface area contributed by atoms with Crippen LogP contribution in [-0.4, -0.2) is 42.5 Å². The Morgan fingerprint density at radius 2 is 2.04 bits per heavy atom. The molecule has 0 spiro atoms. The first-order chi connectivity index (χ1) is 11.6. The lowest BCUT2D eigenvalue weighted by Gasteiger charge is -2.32. The highest BCUT2D eigenvalue weighted by Crippen LogP contribution is 2.14. The molecule has 1 aromatic rings. The van der Waals surface area contributed by atoms with E-state index in [0.717, 1.165) is 44.3 Å². The molecule has 1 fully saturated rings. The number of nitrogens with one attached hydrogen (secondary N) is 1. The SMILES string of the molecule is CCCCC(=O)N1CCC(NC(=O)COc2cccc(C)c2)CC1. The van der Waals surface area contributed by atoms with Gasteiger partial charge in [-0.3, -0.25) is 9.59 Å². The van der Waals surface area contributed by atoms with Crippen LogP contribution in [0.5, 0.6) is 5.75 Å². The third kappa shape index (κ3) is 5.87. The molecule has 0 atom stereocenters. The van der Waals surface area contributed by atoms with E-state index in [1.165, 1.54) is 0 Å². The molecule has 2 amide bonds. The van der Waals surface area contributed by atoms with Crippen LogP contribution in [0, 0.1) is 6.92 Å². The Bertz CT molecular complexity index is 551. The molecular formula is C19H28N2O3. The van der Waals surface area contributed by atoms with Gasteiger partial charge in [0.1, 0.15) is 5.75 Å². The summed E-state index contributed by atoms with van der Waals surface area (Å²) in [5, 5.41) is 3.00. The molecule has 5 heteroatoms. The van der Waals surface area contributed by atoms with E-state index >= 15 is 0 Å². The van der Waals surface area contributed by atoms with Crippen LogP contribution in [0.2, 0.25) is 0 Å². The smallest absolute Gasteiger partial charge is 0.258 e.